The SMILES string of the molecule is NC[C@H](CCCCO)c1ccc2c(c1)CC[C@@H](CSc1ccncc1)C2. The zero-order valence-corrected chi connectivity index (χ0v) is 16.3. The first-order valence-electron chi connectivity index (χ1n) is 9.75. The van der Waals surface area contributed by atoms with Crippen LogP contribution in [-0.2, 0) is 12.8 Å². The van der Waals surface area contributed by atoms with Crippen LogP contribution in [0.15, 0.2) is 47.6 Å². The zero-order chi connectivity index (χ0) is 18.2. The highest BCUT2D eigenvalue weighted by molar-refractivity contribution is 7.99. The van der Waals surface area contributed by atoms with Crippen molar-refractivity contribution >= 4 is 11.8 Å². The van der Waals surface area contributed by atoms with Gasteiger partial charge < -0.3 is 10.8 Å². The molecule has 3 rings (SSSR count). The number of hydrogen-bond acceptors (Lipinski definition) is 4. The molecule has 0 unspecified atom stereocenters. The molecule has 1 aliphatic rings. The summed E-state index contributed by atoms with van der Waals surface area (Å²) in [7, 11) is 0. The van der Waals surface area contributed by atoms with Crippen molar-refractivity contribution in [2.75, 3.05) is 18.9 Å². The minimum Gasteiger partial charge on any atom is -0.396 e. The number of aryl methyl sites for hydroxylation is 1. The monoisotopic (exact) mass is 370 g/mol. The first-order chi connectivity index (χ1) is 12.8. The van der Waals surface area contributed by atoms with Crippen molar-refractivity contribution in [3.8, 4) is 0 Å². The van der Waals surface area contributed by atoms with Gasteiger partial charge in [0, 0.05) is 29.6 Å². The van der Waals surface area contributed by atoms with Gasteiger partial charge in [-0.15, -0.1) is 11.8 Å². The van der Waals surface area contributed by atoms with Gasteiger partial charge in [-0.25, -0.2) is 0 Å². The maximum absolute atomic E-state index is 8.99. The van der Waals surface area contributed by atoms with Gasteiger partial charge in [-0.3, -0.25) is 4.98 Å². The summed E-state index contributed by atoms with van der Waals surface area (Å²) in [6.45, 7) is 0.968. The molecule has 0 fully saturated rings. The van der Waals surface area contributed by atoms with Crippen LogP contribution < -0.4 is 5.73 Å². The highest BCUT2D eigenvalue weighted by Gasteiger charge is 2.20. The fourth-order valence-electron chi connectivity index (χ4n) is 3.82. The van der Waals surface area contributed by atoms with Crippen molar-refractivity contribution in [3.05, 3.63) is 59.4 Å². The summed E-state index contributed by atoms with van der Waals surface area (Å²) in [4.78, 5) is 5.40. The maximum Gasteiger partial charge on any atom is 0.0431 e. The number of nitrogens with two attached hydrogens (primary N) is 1. The maximum atomic E-state index is 8.99. The van der Waals surface area contributed by atoms with E-state index in [1.165, 1.54) is 46.6 Å². The second-order valence-corrected chi connectivity index (χ2v) is 8.38. The molecule has 3 nitrogen and oxygen atoms in total. The number of thioether (sulfide) groups is 1. The first kappa shape index (κ1) is 19.4. The first-order valence-corrected chi connectivity index (χ1v) is 10.7. The van der Waals surface area contributed by atoms with Crippen LogP contribution >= 0.6 is 11.8 Å². The van der Waals surface area contributed by atoms with E-state index in [0.717, 1.165) is 25.2 Å². The molecule has 0 spiro atoms. The summed E-state index contributed by atoms with van der Waals surface area (Å²) in [5, 5.41) is 8.99. The number of nitrogens with zero attached hydrogens (tertiary/aromatic N) is 1. The Hall–Kier alpha value is -1.36. The van der Waals surface area contributed by atoms with Crippen molar-refractivity contribution in [3.63, 3.8) is 0 Å². The Morgan fingerprint density at radius 3 is 2.77 bits per heavy atom. The summed E-state index contributed by atoms with van der Waals surface area (Å²) in [5.41, 5.74) is 10.4. The molecular weight excluding hydrogens is 340 g/mol. The largest absolute Gasteiger partial charge is 0.396 e. The zero-order valence-electron chi connectivity index (χ0n) is 15.4. The number of hydrogen-bond donors (Lipinski definition) is 2. The number of aliphatic hydroxyl groups excluding tert-OH is 1. The third-order valence-electron chi connectivity index (χ3n) is 5.41. The smallest absolute Gasteiger partial charge is 0.0431 e. The van der Waals surface area contributed by atoms with Crippen LogP contribution in [0.3, 0.4) is 0 Å². The molecular formula is C22H30N2OS. The van der Waals surface area contributed by atoms with Crippen LogP contribution in [0.25, 0.3) is 0 Å². The highest BCUT2D eigenvalue weighted by Crippen LogP contribution is 2.32. The number of aliphatic hydroxyl groups is 1. The molecule has 1 aromatic heterocycles. The van der Waals surface area contributed by atoms with E-state index in [1.807, 2.05) is 24.2 Å². The molecule has 26 heavy (non-hydrogen) atoms. The van der Waals surface area contributed by atoms with E-state index in [2.05, 4.69) is 35.3 Å². The van der Waals surface area contributed by atoms with Crippen LogP contribution in [-0.4, -0.2) is 29.0 Å². The van der Waals surface area contributed by atoms with Crippen LogP contribution in [0, 0.1) is 5.92 Å². The van der Waals surface area contributed by atoms with Gasteiger partial charge in [0.15, 0.2) is 0 Å². The lowest BCUT2D eigenvalue weighted by molar-refractivity contribution is 0.281. The highest BCUT2D eigenvalue weighted by atomic mass is 32.2. The van der Waals surface area contributed by atoms with Crippen molar-refractivity contribution in [1.82, 2.24) is 4.98 Å². The Bertz CT molecular complexity index is 677. The molecule has 0 bridgehead atoms. The Kier molecular flexibility index (Phi) is 7.54. The molecule has 140 valence electrons. The molecule has 4 heteroatoms. The third-order valence-corrected chi connectivity index (χ3v) is 6.66. The van der Waals surface area contributed by atoms with Crippen molar-refractivity contribution in [2.24, 2.45) is 11.7 Å². The van der Waals surface area contributed by atoms with Crippen molar-refractivity contribution in [2.45, 2.75) is 49.3 Å². The molecule has 2 aromatic rings. The minimum atomic E-state index is 0.278. The molecule has 0 amide bonds. The van der Waals surface area contributed by atoms with E-state index in [1.54, 1.807) is 0 Å². The van der Waals surface area contributed by atoms with E-state index < -0.39 is 0 Å². The summed E-state index contributed by atoms with van der Waals surface area (Å²) >= 11 is 1.95. The lowest BCUT2D eigenvalue weighted by Gasteiger charge is -2.26. The van der Waals surface area contributed by atoms with E-state index >= 15 is 0 Å². The Morgan fingerprint density at radius 2 is 2.00 bits per heavy atom. The normalized spacial score (nSPS) is 17.7. The van der Waals surface area contributed by atoms with E-state index in [0.29, 0.717) is 12.5 Å². The van der Waals surface area contributed by atoms with E-state index in [9.17, 15) is 0 Å². The molecule has 3 N–H and O–H groups in total. The minimum absolute atomic E-state index is 0.278. The molecule has 1 heterocycles. The van der Waals surface area contributed by atoms with Gasteiger partial charge in [-0.1, -0.05) is 24.6 Å². The summed E-state index contributed by atoms with van der Waals surface area (Å²) in [6, 6.07) is 11.2. The molecule has 0 aliphatic heterocycles. The fraction of sp³-hybridized carbons (Fsp3) is 0.500. The quantitative estimate of drug-likeness (QED) is 0.513. The number of pyridine rings is 1. The lowest BCUT2D eigenvalue weighted by Crippen LogP contribution is -2.18. The van der Waals surface area contributed by atoms with Gasteiger partial charge in [-0.05, 0) is 79.3 Å². The van der Waals surface area contributed by atoms with Crippen LogP contribution in [0.4, 0.5) is 0 Å². The number of benzene rings is 1. The predicted octanol–water partition coefficient (Wildman–Crippen LogP) is 4.18. The standard InChI is InChI=1S/C22H30N2OS/c23-15-21(3-1-2-12-25)20-7-6-18-13-17(4-5-19(18)14-20)16-26-22-8-10-24-11-9-22/h6-11,14,17,21,25H,1-5,12-13,15-16,23H2/t17-,21+/m1/s1. The second-order valence-electron chi connectivity index (χ2n) is 7.28. The second kappa shape index (κ2) is 10.1. The molecule has 0 saturated heterocycles. The topological polar surface area (TPSA) is 59.1 Å². The fourth-order valence-corrected chi connectivity index (χ4v) is 4.85. The van der Waals surface area contributed by atoms with Gasteiger partial charge in [0.2, 0.25) is 0 Å². The molecule has 0 saturated carbocycles. The van der Waals surface area contributed by atoms with Gasteiger partial charge >= 0.3 is 0 Å². The Labute approximate surface area is 161 Å². The molecule has 1 aromatic carbocycles. The van der Waals surface area contributed by atoms with Gasteiger partial charge in [0.25, 0.3) is 0 Å². The molecule has 2 atom stereocenters. The number of rotatable bonds is 9. The molecule has 1 aliphatic carbocycles. The summed E-state index contributed by atoms with van der Waals surface area (Å²) < 4.78 is 0. The Balaban J connectivity index is 1.58. The average Bonchev–Trinajstić information content (AvgIpc) is 2.70. The molecule has 0 radical (unpaired) electrons. The summed E-state index contributed by atoms with van der Waals surface area (Å²) in [5.74, 6) is 2.35. The third kappa shape index (κ3) is 5.32. The summed E-state index contributed by atoms with van der Waals surface area (Å²) in [6.07, 6.45) is 10.4. The van der Waals surface area contributed by atoms with Gasteiger partial charge in [-0.2, -0.15) is 0 Å². The number of aromatic nitrogens is 1. The van der Waals surface area contributed by atoms with Crippen LogP contribution in [0.2, 0.25) is 0 Å². The van der Waals surface area contributed by atoms with E-state index in [-0.39, 0.29) is 6.61 Å². The van der Waals surface area contributed by atoms with Gasteiger partial charge in [0.1, 0.15) is 0 Å². The lowest BCUT2D eigenvalue weighted by atomic mass is 9.82. The van der Waals surface area contributed by atoms with Crippen LogP contribution in [0.1, 0.15) is 48.3 Å². The van der Waals surface area contributed by atoms with E-state index in [4.69, 9.17) is 10.8 Å². The number of unbranched alkanes of at least 4 members (excludes halogenated alkanes) is 1. The Morgan fingerprint density at radius 1 is 1.15 bits per heavy atom. The number of fused-ring (bicyclic) bond motifs is 1. The predicted molar refractivity (Wildman–Crippen MR) is 110 cm³/mol. The average molecular weight is 371 g/mol. The van der Waals surface area contributed by atoms with Crippen molar-refractivity contribution < 1.29 is 5.11 Å². The van der Waals surface area contributed by atoms with Crippen molar-refractivity contribution in [1.29, 1.82) is 0 Å². The van der Waals surface area contributed by atoms with Crippen LogP contribution in [0.5, 0.6) is 0 Å². The van der Waals surface area contributed by atoms with Gasteiger partial charge in [0.05, 0.1) is 0 Å².